The van der Waals surface area contributed by atoms with E-state index in [4.69, 9.17) is 4.42 Å². The first-order chi connectivity index (χ1) is 9.63. The predicted octanol–water partition coefficient (Wildman–Crippen LogP) is 2.63. The molecule has 1 aliphatic rings. The van der Waals surface area contributed by atoms with Crippen LogP contribution in [0.3, 0.4) is 0 Å². The van der Waals surface area contributed by atoms with E-state index in [1.165, 1.54) is 12.1 Å². The van der Waals surface area contributed by atoms with Gasteiger partial charge in [-0.15, -0.1) is 0 Å². The second kappa shape index (κ2) is 5.09. The fraction of sp³-hybridized carbons (Fsp3) is 0.267. The van der Waals surface area contributed by atoms with Crippen LogP contribution in [0.1, 0.15) is 24.3 Å². The minimum Gasteiger partial charge on any atom is -0.469 e. The van der Waals surface area contributed by atoms with Crippen LogP contribution < -0.4 is 10.6 Å². The molecule has 4 nitrogen and oxygen atoms in total. The first kappa shape index (κ1) is 12.9. The van der Waals surface area contributed by atoms with Crippen molar-refractivity contribution in [1.82, 2.24) is 5.32 Å². The zero-order valence-electron chi connectivity index (χ0n) is 11.0. The molecule has 2 atom stereocenters. The summed E-state index contributed by atoms with van der Waals surface area (Å²) in [5.74, 6) is 0.355. The summed E-state index contributed by atoms with van der Waals surface area (Å²) in [4.78, 5) is 12.0. The van der Waals surface area contributed by atoms with Crippen LogP contribution in [0, 0.1) is 5.82 Å². The van der Waals surface area contributed by atoms with Crippen LogP contribution in [0.25, 0.3) is 0 Å². The van der Waals surface area contributed by atoms with Gasteiger partial charge in [-0.2, -0.15) is 0 Å². The number of halogens is 1. The third-order valence-corrected chi connectivity index (χ3v) is 3.39. The molecule has 2 heterocycles. The van der Waals surface area contributed by atoms with Crippen LogP contribution in [0.2, 0.25) is 0 Å². The highest BCUT2D eigenvalue weighted by molar-refractivity contribution is 6.02. The Morgan fingerprint density at radius 2 is 2.30 bits per heavy atom. The van der Waals surface area contributed by atoms with Gasteiger partial charge in [-0.05, 0) is 31.2 Å². The van der Waals surface area contributed by atoms with Crippen molar-refractivity contribution in [1.29, 1.82) is 0 Å². The normalized spacial score (nSPS) is 18.7. The Hall–Kier alpha value is -2.14. The number of fused-ring (bicyclic) bond motifs is 1. The van der Waals surface area contributed by atoms with Gasteiger partial charge in [-0.1, -0.05) is 6.07 Å². The second-order valence-corrected chi connectivity index (χ2v) is 5.01. The van der Waals surface area contributed by atoms with E-state index in [9.17, 15) is 9.18 Å². The lowest BCUT2D eigenvalue weighted by molar-refractivity contribution is -0.117. The summed E-state index contributed by atoms with van der Waals surface area (Å²) in [5, 5.41) is 5.94. The molecule has 0 saturated carbocycles. The third kappa shape index (κ3) is 2.44. The van der Waals surface area contributed by atoms with Crippen molar-refractivity contribution in [2.75, 3.05) is 5.32 Å². The molecule has 0 saturated heterocycles. The number of carbonyl (C=O) groups excluding carboxylic acids is 1. The Labute approximate surface area is 116 Å². The average Bonchev–Trinajstić information content (AvgIpc) is 2.98. The number of furan rings is 1. The van der Waals surface area contributed by atoms with E-state index in [0.717, 1.165) is 11.3 Å². The summed E-state index contributed by atoms with van der Waals surface area (Å²) >= 11 is 0. The van der Waals surface area contributed by atoms with Gasteiger partial charge in [0.25, 0.3) is 0 Å². The highest BCUT2D eigenvalue weighted by Gasteiger charge is 2.31. The molecule has 0 spiro atoms. The Balaban J connectivity index is 1.73. The molecule has 3 rings (SSSR count). The van der Waals surface area contributed by atoms with Crippen molar-refractivity contribution in [2.24, 2.45) is 0 Å². The third-order valence-electron chi connectivity index (χ3n) is 3.39. The van der Waals surface area contributed by atoms with Crippen molar-refractivity contribution in [2.45, 2.75) is 25.4 Å². The fourth-order valence-corrected chi connectivity index (χ4v) is 2.47. The monoisotopic (exact) mass is 274 g/mol. The number of benzene rings is 1. The topological polar surface area (TPSA) is 54.3 Å². The summed E-state index contributed by atoms with van der Waals surface area (Å²) in [6.07, 6.45) is 2.32. The number of hydrogen-bond acceptors (Lipinski definition) is 3. The summed E-state index contributed by atoms with van der Waals surface area (Å²) < 4.78 is 18.4. The van der Waals surface area contributed by atoms with E-state index in [2.05, 4.69) is 10.6 Å². The molecule has 2 N–H and O–H groups in total. The van der Waals surface area contributed by atoms with Gasteiger partial charge in [0.15, 0.2) is 0 Å². The zero-order chi connectivity index (χ0) is 14.1. The molecule has 1 aromatic heterocycles. The molecule has 5 heteroatoms. The summed E-state index contributed by atoms with van der Waals surface area (Å²) in [7, 11) is 0. The van der Waals surface area contributed by atoms with Crippen molar-refractivity contribution in [3.63, 3.8) is 0 Å². The SMILES string of the molecule is CC(Cc1ccco1)NC1C(=O)Nc2cc(F)ccc21. The Kier molecular flexibility index (Phi) is 3.28. The molecule has 20 heavy (non-hydrogen) atoms. The van der Waals surface area contributed by atoms with Gasteiger partial charge in [0.2, 0.25) is 5.91 Å². The van der Waals surface area contributed by atoms with Gasteiger partial charge in [0.1, 0.15) is 17.6 Å². The van der Waals surface area contributed by atoms with Crippen LogP contribution in [0.15, 0.2) is 41.0 Å². The van der Waals surface area contributed by atoms with Gasteiger partial charge in [-0.3, -0.25) is 10.1 Å². The quantitative estimate of drug-likeness (QED) is 0.901. The van der Waals surface area contributed by atoms with Gasteiger partial charge in [-0.25, -0.2) is 4.39 Å². The highest BCUT2D eigenvalue weighted by Crippen LogP contribution is 2.31. The molecule has 1 amide bonds. The Bertz CT molecular complexity index is 625. The Morgan fingerprint density at radius 1 is 1.45 bits per heavy atom. The minimum absolute atomic E-state index is 0.0629. The first-order valence-electron chi connectivity index (χ1n) is 6.52. The summed E-state index contributed by atoms with van der Waals surface area (Å²) in [6.45, 7) is 1.98. The largest absolute Gasteiger partial charge is 0.469 e. The van der Waals surface area contributed by atoms with E-state index in [1.54, 1.807) is 12.3 Å². The van der Waals surface area contributed by atoms with Gasteiger partial charge in [0, 0.05) is 23.7 Å². The van der Waals surface area contributed by atoms with Crippen LogP contribution in [-0.4, -0.2) is 11.9 Å². The smallest absolute Gasteiger partial charge is 0.246 e. The van der Waals surface area contributed by atoms with Gasteiger partial charge >= 0.3 is 0 Å². The number of anilines is 1. The number of hydrogen-bond donors (Lipinski definition) is 2. The van der Waals surface area contributed by atoms with Gasteiger partial charge < -0.3 is 9.73 Å². The van der Waals surface area contributed by atoms with Gasteiger partial charge in [0.05, 0.1) is 6.26 Å². The average molecular weight is 274 g/mol. The van der Waals surface area contributed by atoms with E-state index < -0.39 is 6.04 Å². The second-order valence-electron chi connectivity index (χ2n) is 5.01. The lowest BCUT2D eigenvalue weighted by atomic mass is 10.1. The number of carbonyl (C=O) groups is 1. The predicted molar refractivity (Wildman–Crippen MR) is 72.8 cm³/mol. The molecule has 0 bridgehead atoms. The number of nitrogens with one attached hydrogen (secondary N) is 2. The molecular formula is C15H15FN2O2. The summed E-state index contributed by atoms with van der Waals surface area (Å²) in [6, 6.07) is 7.69. The molecule has 0 fully saturated rings. The first-order valence-corrected chi connectivity index (χ1v) is 6.52. The summed E-state index contributed by atoms with van der Waals surface area (Å²) in [5.41, 5.74) is 1.32. The fourth-order valence-electron chi connectivity index (χ4n) is 2.47. The molecule has 0 aliphatic carbocycles. The minimum atomic E-state index is -0.449. The van der Waals surface area contributed by atoms with Crippen LogP contribution >= 0.6 is 0 Å². The Morgan fingerprint density at radius 3 is 3.05 bits per heavy atom. The van der Waals surface area contributed by atoms with Crippen molar-refractivity contribution < 1.29 is 13.6 Å². The number of amides is 1. The maximum Gasteiger partial charge on any atom is 0.246 e. The van der Waals surface area contributed by atoms with Crippen molar-refractivity contribution in [3.05, 3.63) is 53.7 Å². The molecule has 104 valence electrons. The van der Waals surface area contributed by atoms with Crippen molar-refractivity contribution in [3.8, 4) is 0 Å². The number of rotatable bonds is 4. The van der Waals surface area contributed by atoms with E-state index >= 15 is 0 Å². The van der Waals surface area contributed by atoms with E-state index in [0.29, 0.717) is 12.1 Å². The van der Waals surface area contributed by atoms with Crippen LogP contribution in [0.5, 0.6) is 0 Å². The molecule has 2 aromatic rings. The maximum atomic E-state index is 13.1. The lowest BCUT2D eigenvalue weighted by Crippen LogP contribution is -2.35. The van der Waals surface area contributed by atoms with E-state index in [1.807, 2.05) is 19.1 Å². The lowest BCUT2D eigenvalue weighted by Gasteiger charge is -2.17. The molecule has 1 aliphatic heterocycles. The standard InChI is InChI=1S/C15H15FN2O2/c1-9(7-11-3-2-6-20-11)17-14-12-5-4-10(16)8-13(12)18-15(14)19/h2-6,8-9,14,17H,7H2,1H3,(H,18,19). The van der Waals surface area contributed by atoms with E-state index in [-0.39, 0.29) is 17.8 Å². The van der Waals surface area contributed by atoms with Crippen LogP contribution in [-0.2, 0) is 11.2 Å². The molecule has 2 unspecified atom stereocenters. The molecular weight excluding hydrogens is 259 g/mol. The zero-order valence-corrected chi connectivity index (χ0v) is 11.0. The highest BCUT2D eigenvalue weighted by atomic mass is 19.1. The molecule has 1 aromatic carbocycles. The maximum absolute atomic E-state index is 13.1. The van der Waals surface area contributed by atoms with Crippen LogP contribution in [0.4, 0.5) is 10.1 Å². The van der Waals surface area contributed by atoms with Crippen molar-refractivity contribution >= 4 is 11.6 Å². The molecule has 0 radical (unpaired) electrons.